The van der Waals surface area contributed by atoms with Crippen molar-refractivity contribution in [2.24, 2.45) is 0 Å². The van der Waals surface area contributed by atoms with Crippen LogP contribution in [0.2, 0.25) is 0 Å². The lowest BCUT2D eigenvalue weighted by Gasteiger charge is -2.25. The molecule has 0 saturated heterocycles. The molecule has 3 aromatic rings. The molecule has 2 N–H and O–H groups in total. The molecule has 0 fully saturated rings. The van der Waals surface area contributed by atoms with Gasteiger partial charge in [0.15, 0.2) is 6.61 Å². The van der Waals surface area contributed by atoms with Gasteiger partial charge in [-0.15, -0.1) is 0 Å². The highest BCUT2D eigenvalue weighted by Gasteiger charge is 2.29. The Kier molecular flexibility index (Phi) is 5.24. The van der Waals surface area contributed by atoms with Gasteiger partial charge in [0.2, 0.25) is 11.9 Å². The van der Waals surface area contributed by atoms with Crippen LogP contribution in [0.4, 0.5) is 11.6 Å². The molecule has 2 amide bonds. The Morgan fingerprint density at radius 3 is 2.90 bits per heavy atom. The first-order valence-electron chi connectivity index (χ1n) is 9.44. The number of fused-ring (bicyclic) bond motifs is 1. The zero-order valence-corrected chi connectivity index (χ0v) is 16.0. The van der Waals surface area contributed by atoms with Crippen molar-refractivity contribution in [1.82, 2.24) is 14.8 Å². The van der Waals surface area contributed by atoms with E-state index in [1.54, 1.807) is 10.7 Å². The summed E-state index contributed by atoms with van der Waals surface area (Å²) in [7, 11) is 0. The molecule has 2 heterocycles. The number of hydrogen-bond donors (Lipinski definition) is 2. The minimum Gasteiger partial charge on any atom is -0.483 e. The second-order valence-electron chi connectivity index (χ2n) is 6.68. The molecule has 1 aromatic heterocycles. The predicted octanol–water partition coefficient (Wildman–Crippen LogP) is 2.79. The Hall–Kier alpha value is -3.68. The van der Waals surface area contributed by atoms with Gasteiger partial charge in [0.1, 0.15) is 12.1 Å². The van der Waals surface area contributed by atoms with Gasteiger partial charge in [-0.05, 0) is 24.1 Å². The van der Waals surface area contributed by atoms with Crippen LogP contribution in [0.15, 0.2) is 54.9 Å². The van der Waals surface area contributed by atoms with Crippen LogP contribution in [0.25, 0.3) is 0 Å². The van der Waals surface area contributed by atoms with E-state index < -0.39 is 0 Å². The molecule has 1 aliphatic heterocycles. The van der Waals surface area contributed by atoms with E-state index in [0.29, 0.717) is 11.7 Å². The Labute approximate surface area is 167 Å². The quantitative estimate of drug-likeness (QED) is 0.673. The molecule has 1 atom stereocenters. The first-order chi connectivity index (χ1) is 14.2. The topological polar surface area (TPSA) is 98.1 Å². The number of para-hydroxylation sites is 2. The summed E-state index contributed by atoms with van der Waals surface area (Å²) in [5.41, 5.74) is 2.62. The monoisotopic (exact) mass is 391 g/mol. The molecule has 0 unspecified atom stereocenters. The molecular formula is C21H21N5O3. The maximum Gasteiger partial charge on any atom is 0.262 e. The van der Waals surface area contributed by atoms with Crippen molar-refractivity contribution >= 4 is 23.5 Å². The number of aromatic nitrogens is 3. The van der Waals surface area contributed by atoms with Crippen molar-refractivity contribution in [2.45, 2.75) is 25.8 Å². The van der Waals surface area contributed by atoms with E-state index >= 15 is 0 Å². The number of aryl methyl sites for hydroxylation is 1. The van der Waals surface area contributed by atoms with Crippen LogP contribution >= 0.6 is 0 Å². The molecule has 0 spiro atoms. The molecule has 8 heteroatoms. The van der Waals surface area contributed by atoms with Crippen LogP contribution in [0, 0.1) is 0 Å². The summed E-state index contributed by atoms with van der Waals surface area (Å²) in [5, 5.41) is 9.80. The van der Waals surface area contributed by atoms with Crippen molar-refractivity contribution < 1.29 is 14.3 Å². The van der Waals surface area contributed by atoms with E-state index in [0.717, 1.165) is 23.2 Å². The zero-order valence-electron chi connectivity index (χ0n) is 16.0. The summed E-state index contributed by atoms with van der Waals surface area (Å²) in [6.45, 7) is 1.90. The van der Waals surface area contributed by atoms with E-state index in [1.165, 1.54) is 6.33 Å². The lowest BCUT2D eigenvalue weighted by atomic mass is 10.0. The first kappa shape index (κ1) is 18.7. The zero-order chi connectivity index (χ0) is 20.2. The molecule has 8 nitrogen and oxygen atoms in total. The average molecular weight is 391 g/mol. The van der Waals surface area contributed by atoms with E-state index in [-0.39, 0.29) is 30.9 Å². The smallest absolute Gasteiger partial charge is 0.262 e. The van der Waals surface area contributed by atoms with Gasteiger partial charge in [0.25, 0.3) is 5.91 Å². The number of benzene rings is 2. The van der Waals surface area contributed by atoms with E-state index in [4.69, 9.17) is 4.74 Å². The van der Waals surface area contributed by atoms with Gasteiger partial charge in [0, 0.05) is 11.3 Å². The number of hydrogen-bond acceptors (Lipinski definition) is 5. The second kappa shape index (κ2) is 8.14. The van der Waals surface area contributed by atoms with E-state index in [2.05, 4.69) is 20.7 Å². The number of ether oxygens (including phenoxy) is 1. The van der Waals surface area contributed by atoms with Gasteiger partial charge in [-0.25, -0.2) is 4.68 Å². The maximum absolute atomic E-state index is 12.4. The molecule has 4 rings (SSSR count). The largest absolute Gasteiger partial charge is 0.483 e. The SMILES string of the molecule is CCc1ccccc1NC(=O)COc1ccccc1[C@H]1CC(=O)Nc2ncnn21. The standard InChI is InChI=1S/C21H21N5O3/c1-2-14-7-3-5-9-16(14)24-20(28)12-29-18-10-6-4-8-15(18)17-11-19(27)25-21-22-13-23-26(17)21/h3-10,13,17H,2,11-12H2,1H3,(H,24,28)(H,22,23,25,27)/t17-/m1/s1. The molecule has 0 saturated carbocycles. The van der Waals surface area contributed by atoms with E-state index in [9.17, 15) is 9.59 Å². The summed E-state index contributed by atoms with van der Waals surface area (Å²) >= 11 is 0. The third-order valence-corrected chi connectivity index (χ3v) is 4.81. The fourth-order valence-corrected chi connectivity index (χ4v) is 3.41. The third-order valence-electron chi connectivity index (χ3n) is 4.81. The fraction of sp³-hybridized carbons (Fsp3) is 0.238. The molecule has 0 bridgehead atoms. The van der Waals surface area contributed by atoms with Gasteiger partial charge in [0.05, 0.1) is 12.5 Å². The number of anilines is 2. The first-order valence-corrected chi connectivity index (χ1v) is 9.44. The van der Waals surface area contributed by atoms with Crippen LogP contribution in [0.5, 0.6) is 5.75 Å². The van der Waals surface area contributed by atoms with Gasteiger partial charge in [-0.2, -0.15) is 10.1 Å². The fourth-order valence-electron chi connectivity index (χ4n) is 3.41. The Bertz CT molecular complexity index is 1050. The Balaban J connectivity index is 1.50. The van der Waals surface area contributed by atoms with Crippen molar-refractivity contribution in [3.05, 3.63) is 66.0 Å². The van der Waals surface area contributed by atoms with Crippen LogP contribution in [0.1, 0.15) is 30.5 Å². The van der Waals surface area contributed by atoms with Crippen LogP contribution in [-0.2, 0) is 16.0 Å². The summed E-state index contributed by atoms with van der Waals surface area (Å²) in [4.78, 5) is 28.5. The summed E-state index contributed by atoms with van der Waals surface area (Å²) in [6.07, 6.45) is 2.44. The molecule has 148 valence electrons. The number of nitrogens with one attached hydrogen (secondary N) is 2. The van der Waals surface area contributed by atoms with Gasteiger partial charge >= 0.3 is 0 Å². The van der Waals surface area contributed by atoms with E-state index in [1.807, 2.05) is 49.4 Å². The second-order valence-corrected chi connectivity index (χ2v) is 6.68. The van der Waals surface area contributed by atoms with Crippen LogP contribution in [-0.4, -0.2) is 33.2 Å². The van der Waals surface area contributed by atoms with Gasteiger partial charge in [-0.3, -0.25) is 14.9 Å². The number of nitrogens with zero attached hydrogens (tertiary/aromatic N) is 3. The highest BCUT2D eigenvalue weighted by molar-refractivity contribution is 5.93. The molecular weight excluding hydrogens is 370 g/mol. The average Bonchev–Trinajstić information content (AvgIpc) is 3.20. The molecule has 29 heavy (non-hydrogen) atoms. The Morgan fingerprint density at radius 2 is 2.03 bits per heavy atom. The van der Waals surface area contributed by atoms with Crippen LogP contribution in [0.3, 0.4) is 0 Å². The molecule has 0 radical (unpaired) electrons. The predicted molar refractivity (Wildman–Crippen MR) is 108 cm³/mol. The van der Waals surface area contributed by atoms with Gasteiger partial charge in [-0.1, -0.05) is 43.3 Å². The normalized spacial score (nSPS) is 15.3. The van der Waals surface area contributed by atoms with Gasteiger partial charge < -0.3 is 10.1 Å². The molecule has 2 aromatic carbocycles. The molecule has 1 aliphatic rings. The maximum atomic E-state index is 12.4. The number of carbonyl (C=O) groups is 2. The lowest BCUT2D eigenvalue weighted by Crippen LogP contribution is -2.29. The number of amides is 2. The third kappa shape index (κ3) is 3.96. The van der Waals surface area contributed by atoms with Crippen molar-refractivity contribution in [1.29, 1.82) is 0 Å². The van der Waals surface area contributed by atoms with Crippen LogP contribution < -0.4 is 15.4 Å². The summed E-state index contributed by atoms with van der Waals surface area (Å²) in [6, 6.07) is 14.7. The number of carbonyl (C=O) groups excluding carboxylic acids is 2. The van der Waals surface area contributed by atoms with Crippen molar-refractivity contribution in [3.63, 3.8) is 0 Å². The Morgan fingerprint density at radius 1 is 1.24 bits per heavy atom. The minimum absolute atomic E-state index is 0.140. The minimum atomic E-state index is -0.346. The highest BCUT2D eigenvalue weighted by Crippen LogP contribution is 2.34. The van der Waals surface area contributed by atoms with Crippen molar-refractivity contribution in [3.8, 4) is 5.75 Å². The summed E-state index contributed by atoms with van der Waals surface area (Å²) in [5.74, 6) is 0.547. The molecule has 0 aliphatic carbocycles. The number of rotatable bonds is 6. The highest BCUT2D eigenvalue weighted by atomic mass is 16.5. The van der Waals surface area contributed by atoms with Crippen molar-refractivity contribution in [2.75, 3.05) is 17.2 Å². The summed E-state index contributed by atoms with van der Waals surface area (Å²) < 4.78 is 7.47. The lowest BCUT2D eigenvalue weighted by molar-refractivity contribution is -0.118.